The number of nitrogens with one attached hydrogen (secondary N) is 1. The Morgan fingerprint density at radius 1 is 1.19 bits per heavy atom. The molecule has 2 rings (SSSR count). The Bertz CT molecular complexity index is 627. The minimum Gasteiger partial charge on any atom is -0.350 e. The van der Waals surface area contributed by atoms with Crippen LogP contribution >= 0.6 is 0 Å². The molecule has 5 heteroatoms. The first-order chi connectivity index (χ1) is 10.1. The molecule has 0 aliphatic rings. The Hall–Kier alpha value is -2.43. The van der Waals surface area contributed by atoms with Gasteiger partial charge in [-0.25, -0.2) is 0 Å². The van der Waals surface area contributed by atoms with Crippen molar-refractivity contribution in [2.24, 2.45) is 0 Å². The number of aryl methyl sites for hydroxylation is 1. The zero-order chi connectivity index (χ0) is 15.2. The summed E-state index contributed by atoms with van der Waals surface area (Å²) in [5.41, 5.74) is 1.54. The van der Waals surface area contributed by atoms with Gasteiger partial charge in [0.05, 0.1) is 4.92 Å². The Labute approximate surface area is 122 Å². The highest BCUT2D eigenvalue weighted by Gasteiger charge is 2.19. The number of halogens is 1. The third kappa shape index (κ3) is 3.78. The summed E-state index contributed by atoms with van der Waals surface area (Å²) in [7, 11) is 0. The molecule has 1 N–H and O–H groups in total. The quantitative estimate of drug-likeness (QED) is 0.612. The van der Waals surface area contributed by atoms with Gasteiger partial charge in [-0.2, -0.15) is 4.39 Å². The van der Waals surface area contributed by atoms with Gasteiger partial charge in [0.2, 0.25) is 5.82 Å². The van der Waals surface area contributed by atoms with E-state index in [0.717, 1.165) is 25.3 Å². The highest BCUT2D eigenvalue weighted by Crippen LogP contribution is 2.30. The third-order valence-corrected chi connectivity index (χ3v) is 3.22. The molecule has 0 aromatic heterocycles. The first-order valence-electron chi connectivity index (χ1n) is 6.90. The molecule has 0 amide bonds. The van der Waals surface area contributed by atoms with E-state index in [1.54, 1.807) is 0 Å². The maximum absolute atomic E-state index is 13.5. The average Bonchev–Trinajstić information content (AvgIpc) is 2.46. The van der Waals surface area contributed by atoms with Crippen LogP contribution in [0.3, 0.4) is 0 Å². The molecule has 0 heterocycles. The second-order valence-electron chi connectivity index (χ2n) is 4.82. The predicted molar refractivity (Wildman–Crippen MR) is 81.4 cm³/mol. The standard InChI is InChI=1S/C16H17FN2O2/c1-2-3-5-12-8-10-13(11-9-12)18-15-7-4-6-14(17)16(15)19(20)21/h4,6-11,18H,2-3,5H2,1H3. The summed E-state index contributed by atoms with van der Waals surface area (Å²) in [5.74, 6) is -0.843. The first kappa shape index (κ1) is 15.0. The molecule has 4 nitrogen and oxygen atoms in total. The number of unbranched alkanes of at least 4 members (excludes halogenated alkanes) is 1. The predicted octanol–water partition coefficient (Wildman–Crippen LogP) is 4.82. The van der Waals surface area contributed by atoms with Gasteiger partial charge in [-0.3, -0.25) is 10.1 Å². The lowest BCUT2D eigenvalue weighted by Gasteiger charge is -2.08. The highest BCUT2D eigenvalue weighted by molar-refractivity contribution is 5.69. The van der Waals surface area contributed by atoms with Crippen molar-refractivity contribution in [3.05, 3.63) is 64.0 Å². The highest BCUT2D eigenvalue weighted by atomic mass is 19.1. The van der Waals surface area contributed by atoms with Crippen molar-refractivity contribution in [1.29, 1.82) is 0 Å². The van der Waals surface area contributed by atoms with Gasteiger partial charge in [-0.15, -0.1) is 0 Å². The van der Waals surface area contributed by atoms with Crippen LogP contribution in [0.15, 0.2) is 42.5 Å². The average molecular weight is 288 g/mol. The smallest absolute Gasteiger partial charge is 0.327 e. The van der Waals surface area contributed by atoms with Crippen molar-refractivity contribution in [2.75, 3.05) is 5.32 Å². The van der Waals surface area contributed by atoms with Crippen LogP contribution in [0.4, 0.5) is 21.5 Å². The van der Waals surface area contributed by atoms with E-state index >= 15 is 0 Å². The van der Waals surface area contributed by atoms with Gasteiger partial charge in [-0.1, -0.05) is 31.5 Å². The second-order valence-corrected chi connectivity index (χ2v) is 4.82. The third-order valence-electron chi connectivity index (χ3n) is 3.22. The van der Waals surface area contributed by atoms with E-state index in [9.17, 15) is 14.5 Å². The minimum absolute atomic E-state index is 0.154. The number of benzene rings is 2. The zero-order valence-corrected chi connectivity index (χ0v) is 11.8. The Balaban J connectivity index is 2.19. The lowest BCUT2D eigenvalue weighted by Crippen LogP contribution is -1.99. The van der Waals surface area contributed by atoms with E-state index in [4.69, 9.17) is 0 Å². The number of para-hydroxylation sites is 1. The lowest BCUT2D eigenvalue weighted by atomic mass is 10.1. The molecule has 0 atom stereocenters. The van der Waals surface area contributed by atoms with Crippen LogP contribution in [-0.2, 0) is 6.42 Å². The largest absolute Gasteiger partial charge is 0.350 e. The van der Waals surface area contributed by atoms with Gasteiger partial charge in [0, 0.05) is 5.69 Å². The minimum atomic E-state index is -0.843. The maximum atomic E-state index is 13.5. The fourth-order valence-corrected chi connectivity index (χ4v) is 2.09. The molecule has 21 heavy (non-hydrogen) atoms. The molecule has 2 aromatic carbocycles. The summed E-state index contributed by atoms with van der Waals surface area (Å²) < 4.78 is 13.5. The number of hydrogen-bond donors (Lipinski definition) is 1. The van der Waals surface area contributed by atoms with E-state index in [1.807, 2.05) is 24.3 Å². The molecule has 0 spiro atoms. The van der Waals surface area contributed by atoms with Gasteiger partial charge in [0.25, 0.3) is 0 Å². The summed E-state index contributed by atoms with van der Waals surface area (Å²) >= 11 is 0. The molecular formula is C16H17FN2O2. The van der Waals surface area contributed by atoms with Crippen LogP contribution < -0.4 is 5.32 Å². The van der Waals surface area contributed by atoms with E-state index in [-0.39, 0.29) is 5.69 Å². The van der Waals surface area contributed by atoms with Gasteiger partial charge in [-0.05, 0) is 42.7 Å². The number of nitro groups is 1. The fourth-order valence-electron chi connectivity index (χ4n) is 2.09. The molecule has 0 fully saturated rings. The maximum Gasteiger partial charge on any atom is 0.327 e. The molecule has 0 unspecified atom stereocenters. The number of rotatable bonds is 6. The summed E-state index contributed by atoms with van der Waals surface area (Å²) in [5, 5.41) is 13.8. The Morgan fingerprint density at radius 3 is 2.52 bits per heavy atom. The van der Waals surface area contributed by atoms with Crippen LogP contribution in [-0.4, -0.2) is 4.92 Å². The zero-order valence-electron chi connectivity index (χ0n) is 11.8. The summed E-state index contributed by atoms with van der Waals surface area (Å²) in [6, 6.07) is 11.7. The van der Waals surface area contributed by atoms with Crippen molar-refractivity contribution in [3.63, 3.8) is 0 Å². The molecule has 0 saturated heterocycles. The van der Waals surface area contributed by atoms with Crippen molar-refractivity contribution in [3.8, 4) is 0 Å². The number of hydrogen-bond acceptors (Lipinski definition) is 3. The normalized spacial score (nSPS) is 10.4. The van der Waals surface area contributed by atoms with Crippen LogP contribution in [0.2, 0.25) is 0 Å². The van der Waals surface area contributed by atoms with Gasteiger partial charge in [0.1, 0.15) is 5.69 Å². The van der Waals surface area contributed by atoms with E-state index < -0.39 is 16.4 Å². The monoisotopic (exact) mass is 288 g/mol. The van der Waals surface area contributed by atoms with Crippen molar-refractivity contribution < 1.29 is 9.31 Å². The van der Waals surface area contributed by atoms with Gasteiger partial charge < -0.3 is 5.32 Å². The van der Waals surface area contributed by atoms with E-state index in [2.05, 4.69) is 12.2 Å². The lowest BCUT2D eigenvalue weighted by molar-refractivity contribution is -0.386. The van der Waals surface area contributed by atoms with E-state index in [0.29, 0.717) is 5.69 Å². The van der Waals surface area contributed by atoms with Crippen molar-refractivity contribution in [1.82, 2.24) is 0 Å². The molecule has 0 aliphatic carbocycles. The molecule has 0 aliphatic heterocycles. The van der Waals surface area contributed by atoms with Crippen LogP contribution in [0, 0.1) is 15.9 Å². The number of nitrogens with zero attached hydrogens (tertiary/aromatic N) is 1. The molecule has 2 aromatic rings. The first-order valence-corrected chi connectivity index (χ1v) is 6.90. The number of nitro benzene ring substituents is 1. The molecule has 110 valence electrons. The van der Waals surface area contributed by atoms with E-state index in [1.165, 1.54) is 17.7 Å². The summed E-state index contributed by atoms with van der Waals surface area (Å²) in [6.45, 7) is 2.14. The molecule has 0 saturated carbocycles. The SMILES string of the molecule is CCCCc1ccc(Nc2cccc(F)c2[N+](=O)[O-])cc1. The summed E-state index contributed by atoms with van der Waals surface area (Å²) in [6.07, 6.45) is 3.27. The number of anilines is 2. The molecule has 0 radical (unpaired) electrons. The summed E-state index contributed by atoms with van der Waals surface area (Å²) in [4.78, 5) is 10.2. The van der Waals surface area contributed by atoms with Gasteiger partial charge in [0.15, 0.2) is 0 Å². The van der Waals surface area contributed by atoms with Crippen LogP contribution in [0.1, 0.15) is 25.3 Å². The van der Waals surface area contributed by atoms with Gasteiger partial charge >= 0.3 is 5.69 Å². The van der Waals surface area contributed by atoms with Crippen molar-refractivity contribution >= 4 is 17.1 Å². The Kier molecular flexibility index (Phi) is 4.87. The van der Waals surface area contributed by atoms with Crippen LogP contribution in [0.5, 0.6) is 0 Å². The Morgan fingerprint density at radius 2 is 1.90 bits per heavy atom. The molecular weight excluding hydrogens is 271 g/mol. The topological polar surface area (TPSA) is 55.2 Å². The van der Waals surface area contributed by atoms with Crippen LogP contribution in [0.25, 0.3) is 0 Å². The molecule has 0 bridgehead atoms. The second kappa shape index (κ2) is 6.83. The fraction of sp³-hybridized carbons (Fsp3) is 0.250. The van der Waals surface area contributed by atoms with Crippen molar-refractivity contribution in [2.45, 2.75) is 26.2 Å².